The fourth-order valence-corrected chi connectivity index (χ4v) is 0.786. The molecule has 0 spiro atoms. The highest BCUT2D eigenvalue weighted by Gasteiger charge is 2.01. The molecule has 0 saturated heterocycles. The van der Waals surface area contributed by atoms with E-state index in [4.69, 9.17) is 10.5 Å². The van der Waals surface area contributed by atoms with Crippen molar-refractivity contribution < 1.29 is 4.74 Å². The number of pyridine rings is 1. The van der Waals surface area contributed by atoms with E-state index in [-0.39, 0.29) is 6.10 Å². The van der Waals surface area contributed by atoms with Crippen molar-refractivity contribution in [2.75, 3.05) is 5.73 Å². The van der Waals surface area contributed by atoms with Gasteiger partial charge in [0.2, 0.25) is 5.88 Å². The molecule has 0 amide bonds. The highest BCUT2D eigenvalue weighted by atomic mass is 16.5. The van der Waals surface area contributed by atoms with Crippen molar-refractivity contribution >= 4 is 5.82 Å². The molecule has 1 heterocycles. The Morgan fingerprint density at radius 1 is 1.58 bits per heavy atom. The largest absolute Gasteiger partial charge is 0.475 e. The van der Waals surface area contributed by atoms with Crippen molar-refractivity contribution in [3.8, 4) is 5.88 Å². The molecule has 1 aromatic heterocycles. The maximum atomic E-state index is 5.48. The molecule has 0 aliphatic carbocycles. The minimum absolute atomic E-state index is 0.194. The summed E-state index contributed by atoms with van der Waals surface area (Å²) in [7, 11) is 0. The van der Waals surface area contributed by atoms with E-state index in [0.717, 1.165) is 6.42 Å². The maximum absolute atomic E-state index is 5.48. The zero-order valence-corrected chi connectivity index (χ0v) is 7.45. The van der Waals surface area contributed by atoms with Crippen LogP contribution in [0.25, 0.3) is 0 Å². The van der Waals surface area contributed by atoms with Gasteiger partial charge in [-0.25, -0.2) is 0 Å². The Kier molecular flexibility index (Phi) is 2.91. The zero-order chi connectivity index (χ0) is 8.97. The fourth-order valence-electron chi connectivity index (χ4n) is 0.786. The highest BCUT2D eigenvalue weighted by Crippen LogP contribution is 2.11. The summed E-state index contributed by atoms with van der Waals surface area (Å²) >= 11 is 0. The SMILES string of the molecule is CC[C@@H](C)Oc1cccc(N)n1. The molecule has 0 aliphatic heterocycles. The molecule has 0 fully saturated rings. The lowest BCUT2D eigenvalue weighted by molar-refractivity contribution is 0.209. The van der Waals surface area contributed by atoms with E-state index in [1.165, 1.54) is 0 Å². The first-order chi connectivity index (χ1) is 5.72. The topological polar surface area (TPSA) is 48.1 Å². The van der Waals surface area contributed by atoms with Crippen LogP contribution in [0.4, 0.5) is 5.82 Å². The lowest BCUT2D eigenvalue weighted by atomic mass is 10.3. The molecule has 0 saturated carbocycles. The van der Waals surface area contributed by atoms with Crippen LogP contribution in [0.2, 0.25) is 0 Å². The van der Waals surface area contributed by atoms with Gasteiger partial charge in [-0.3, -0.25) is 0 Å². The smallest absolute Gasteiger partial charge is 0.215 e. The molecule has 0 aliphatic rings. The molecule has 0 aromatic carbocycles. The fraction of sp³-hybridized carbons (Fsp3) is 0.444. The summed E-state index contributed by atoms with van der Waals surface area (Å²) in [4.78, 5) is 4.02. The quantitative estimate of drug-likeness (QED) is 0.745. The number of rotatable bonds is 3. The Hall–Kier alpha value is -1.25. The van der Waals surface area contributed by atoms with Gasteiger partial charge in [0.05, 0.1) is 6.10 Å². The van der Waals surface area contributed by atoms with E-state index in [9.17, 15) is 0 Å². The summed E-state index contributed by atoms with van der Waals surface area (Å²) in [6, 6.07) is 5.38. The molecule has 0 bridgehead atoms. The van der Waals surface area contributed by atoms with Crippen LogP contribution in [-0.2, 0) is 0 Å². The van der Waals surface area contributed by atoms with E-state index in [0.29, 0.717) is 11.7 Å². The minimum atomic E-state index is 0.194. The van der Waals surface area contributed by atoms with E-state index in [1.807, 2.05) is 19.1 Å². The monoisotopic (exact) mass is 166 g/mol. The number of hydrogen-bond donors (Lipinski definition) is 1. The lowest BCUT2D eigenvalue weighted by Gasteiger charge is -2.10. The van der Waals surface area contributed by atoms with Crippen LogP contribution >= 0.6 is 0 Å². The van der Waals surface area contributed by atoms with Crippen molar-refractivity contribution in [2.45, 2.75) is 26.4 Å². The number of anilines is 1. The Morgan fingerprint density at radius 2 is 2.33 bits per heavy atom. The van der Waals surface area contributed by atoms with Crippen molar-refractivity contribution in [1.29, 1.82) is 0 Å². The van der Waals surface area contributed by atoms with Crippen LogP contribution in [0.15, 0.2) is 18.2 Å². The van der Waals surface area contributed by atoms with Gasteiger partial charge < -0.3 is 10.5 Å². The van der Waals surface area contributed by atoms with Crippen LogP contribution in [-0.4, -0.2) is 11.1 Å². The second kappa shape index (κ2) is 3.95. The van der Waals surface area contributed by atoms with Gasteiger partial charge in [0, 0.05) is 6.07 Å². The van der Waals surface area contributed by atoms with Gasteiger partial charge in [0.15, 0.2) is 0 Å². The summed E-state index contributed by atoms with van der Waals surface area (Å²) in [6.07, 6.45) is 1.16. The van der Waals surface area contributed by atoms with Gasteiger partial charge in [-0.2, -0.15) is 4.98 Å². The normalized spacial score (nSPS) is 12.5. The second-order valence-electron chi connectivity index (χ2n) is 2.74. The maximum Gasteiger partial charge on any atom is 0.215 e. The molecule has 0 unspecified atom stereocenters. The van der Waals surface area contributed by atoms with Crippen LogP contribution in [0, 0.1) is 0 Å². The van der Waals surface area contributed by atoms with Gasteiger partial charge in [-0.1, -0.05) is 13.0 Å². The molecular formula is C9H14N2O. The van der Waals surface area contributed by atoms with Crippen molar-refractivity contribution in [3.05, 3.63) is 18.2 Å². The Labute approximate surface area is 72.6 Å². The first kappa shape index (κ1) is 8.84. The van der Waals surface area contributed by atoms with E-state index in [1.54, 1.807) is 6.07 Å². The van der Waals surface area contributed by atoms with Crippen molar-refractivity contribution in [1.82, 2.24) is 4.98 Å². The Bertz CT molecular complexity index is 250. The molecule has 12 heavy (non-hydrogen) atoms. The van der Waals surface area contributed by atoms with Gasteiger partial charge in [0.1, 0.15) is 5.82 Å². The highest BCUT2D eigenvalue weighted by molar-refractivity contribution is 5.31. The molecule has 1 aromatic rings. The third-order valence-corrected chi connectivity index (χ3v) is 1.64. The molecule has 0 radical (unpaired) electrons. The third kappa shape index (κ3) is 2.42. The minimum Gasteiger partial charge on any atom is -0.475 e. The Morgan fingerprint density at radius 3 is 2.92 bits per heavy atom. The summed E-state index contributed by atoms with van der Waals surface area (Å²) in [5.74, 6) is 1.10. The average molecular weight is 166 g/mol. The average Bonchev–Trinajstić information content (AvgIpc) is 2.04. The first-order valence-electron chi connectivity index (χ1n) is 4.11. The zero-order valence-electron chi connectivity index (χ0n) is 7.45. The van der Waals surface area contributed by atoms with Crippen LogP contribution < -0.4 is 10.5 Å². The van der Waals surface area contributed by atoms with Crippen LogP contribution in [0.3, 0.4) is 0 Å². The van der Waals surface area contributed by atoms with Crippen LogP contribution in [0.1, 0.15) is 20.3 Å². The van der Waals surface area contributed by atoms with Gasteiger partial charge in [0.25, 0.3) is 0 Å². The number of nitrogens with zero attached hydrogens (tertiary/aromatic N) is 1. The first-order valence-corrected chi connectivity index (χ1v) is 4.11. The van der Waals surface area contributed by atoms with Gasteiger partial charge in [-0.05, 0) is 19.4 Å². The predicted octanol–water partition coefficient (Wildman–Crippen LogP) is 1.84. The van der Waals surface area contributed by atoms with Gasteiger partial charge >= 0.3 is 0 Å². The van der Waals surface area contributed by atoms with Crippen molar-refractivity contribution in [2.24, 2.45) is 0 Å². The summed E-state index contributed by atoms with van der Waals surface area (Å²) in [5.41, 5.74) is 5.48. The Balaban J connectivity index is 2.63. The van der Waals surface area contributed by atoms with Gasteiger partial charge in [-0.15, -0.1) is 0 Å². The number of nitrogens with two attached hydrogens (primary N) is 1. The number of ether oxygens (including phenoxy) is 1. The van der Waals surface area contributed by atoms with Crippen LogP contribution in [0.5, 0.6) is 5.88 Å². The van der Waals surface area contributed by atoms with E-state index >= 15 is 0 Å². The standard InChI is InChI=1S/C9H14N2O/c1-3-7(2)12-9-6-4-5-8(10)11-9/h4-7H,3H2,1-2H3,(H2,10,11)/t7-/m1/s1. The molecule has 1 rings (SSSR count). The molecule has 1 atom stereocenters. The molecule has 3 heteroatoms. The number of nitrogen functional groups attached to an aromatic ring is 1. The van der Waals surface area contributed by atoms with E-state index < -0.39 is 0 Å². The molecule has 2 N–H and O–H groups in total. The summed E-state index contributed by atoms with van der Waals surface area (Å²) in [6.45, 7) is 4.07. The lowest BCUT2D eigenvalue weighted by Crippen LogP contribution is -2.10. The summed E-state index contributed by atoms with van der Waals surface area (Å²) < 4.78 is 5.45. The summed E-state index contributed by atoms with van der Waals surface area (Å²) in [5, 5.41) is 0. The second-order valence-corrected chi connectivity index (χ2v) is 2.74. The third-order valence-electron chi connectivity index (χ3n) is 1.64. The predicted molar refractivity (Wildman–Crippen MR) is 49.0 cm³/mol. The van der Waals surface area contributed by atoms with Crippen molar-refractivity contribution in [3.63, 3.8) is 0 Å². The van der Waals surface area contributed by atoms with E-state index in [2.05, 4.69) is 11.9 Å². The molecule has 3 nitrogen and oxygen atoms in total. The number of hydrogen-bond acceptors (Lipinski definition) is 3. The molecule has 66 valence electrons. The molecular weight excluding hydrogens is 152 g/mol. The number of aromatic nitrogens is 1.